The first kappa shape index (κ1) is 16.6. The fourth-order valence-corrected chi connectivity index (χ4v) is 5.03. The van der Waals surface area contributed by atoms with Crippen LogP contribution < -0.4 is 0 Å². The van der Waals surface area contributed by atoms with E-state index in [0.717, 1.165) is 44.2 Å². The summed E-state index contributed by atoms with van der Waals surface area (Å²) < 4.78 is 18.2. The number of hydrogen-bond donors (Lipinski definition) is 0. The molecular formula is C30H22N2. The second-order valence-electron chi connectivity index (χ2n) is 8.09. The van der Waals surface area contributed by atoms with Crippen molar-refractivity contribution in [2.75, 3.05) is 0 Å². The molecule has 2 aromatic heterocycles. The maximum atomic E-state index is 9.39. The van der Waals surface area contributed by atoms with Gasteiger partial charge in [-0.3, -0.25) is 9.97 Å². The lowest BCUT2D eigenvalue weighted by molar-refractivity contribution is 0.617. The third-order valence-corrected chi connectivity index (χ3v) is 6.50. The van der Waals surface area contributed by atoms with E-state index in [1.54, 1.807) is 0 Å². The van der Waals surface area contributed by atoms with Gasteiger partial charge in [0.1, 0.15) is 0 Å². The molecule has 0 spiro atoms. The smallest absolute Gasteiger partial charge is 0.0629 e. The van der Waals surface area contributed by atoms with E-state index in [2.05, 4.69) is 40.3 Å². The summed E-state index contributed by atoms with van der Waals surface area (Å²) in [6.45, 7) is 0. The summed E-state index contributed by atoms with van der Waals surface area (Å²) in [5, 5.41) is 2.08. The average molecular weight is 413 g/mol. The van der Waals surface area contributed by atoms with Gasteiger partial charge in [0.2, 0.25) is 0 Å². The Morgan fingerprint density at radius 3 is 2.03 bits per heavy atom. The van der Waals surface area contributed by atoms with Crippen LogP contribution in [0.5, 0.6) is 0 Å². The molecule has 1 aliphatic rings. The van der Waals surface area contributed by atoms with Crippen LogP contribution >= 0.6 is 0 Å². The first-order valence-electron chi connectivity index (χ1n) is 11.8. The van der Waals surface area contributed by atoms with Crippen LogP contribution in [0.3, 0.4) is 0 Å². The molecule has 0 aliphatic heterocycles. The molecule has 1 aliphatic carbocycles. The molecule has 2 heterocycles. The van der Waals surface area contributed by atoms with Gasteiger partial charge in [-0.25, -0.2) is 0 Å². The van der Waals surface area contributed by atoms with Gasteiger partial charge >= 0.3 is 0 Å². The van der Waals surface area contributed by atoms with E-state index in [4.69, 9.17) is 1.37 Å². The number of aromatic nitrogens is 2. The molecule has 0 saturated heterocycles. The molecule has 152 valence electrons. The van der Waals surface area contributed by atoms with E-state index < -0.39 is 5.41 Å². The van der Waals surface area contributed by atoms with Crippen LogP contribution in [0.15, 0.2) is 122 Å². The van der Waals surface area contributed by atoms with Crippen molar-refractivity contribution in [2.45, 2.75) is 11.8 Å². The summed E-state index contributed by atoms with van der Waals surface area (Å²) >= 11 is 0. The highest BCUT2D eigenvalue weighted by molar-refractivity contribution is 5.99. The lowest BCUT2D eigenvalue weighted by atomic mass is 9.62. The van der Waals surface area contributed by atoms with Gasteiger partial charge in [0, 0.05) is 30.2 Å². The summed E-state index contributed by atoms with van der Waals surface area (Å²) in [5.41, 5.74) is 5.44. The van der Waals surface area contributed by atoms with E-state index in [0.29, 0.717) is 18.5 Å². The zero-order valence-electron chi connectivity index (χ0n) is 19.5. The highest BCUT2D eigenvalue weighted by Crippen LogP contribution is 2.50. The van der Waals surface area contributed by atoms with Gasteiger partial charge in [-0.05, 0) is 74.8 Å². The molecule has 0 unspecified atom stereocenters. The molecule has 2 heteroatoms. The molecule has 0 N–H and O–H groups in total. The number of nitrogens with zero attached hydrogens (tertiary/aromatic N) is 2. The van der Waals surface area contributed by atoms with Crippen molar-refractivity contribution >= 4 is 16.3 Å². The Balaban J connectivity index is 1.71. The predicted octanol–water partition coefficient (Wildman–Crippen LogP) is 6.80. The summed E-state index contributed by atoms with van der Waals surface area (Å²) in [6.07, 6.45) is 7.75. The lowest BCUT2D eigenvalue weighted by Gasteiger charge is -2.40. The van der Waals surface area contributed by atoms with Crippen LogP contribution in [0.1, 0.15) is 37.0 Å². The Morgan fingerprint density at radius 2 is 1.28 bits per heavy atom. The van der Waals surface area contributed by atoms with Gasteiger partial charge in [-0.2, -0.15) is 0 Å². The third kappa shape index (κ3) is 2.80. The van der Waals surface area contributed by atoms with E-state index in [-0.39, 0.29) is 0 Å². The third-order valence-electron chi connectivity index (χ3n) is 6.50. The minimum atomic E-state index is -0.546. The molecular weight excluding hydrogens is 388 g/mol. The zero-order chi connectivity index (χ0) is 23.1. The average Bonchev–Trinajstić information content (AvgIpc) is 2.90. The van der Waals surface area contributed by atoms with Crippen molar-refractivity contribution in [3.8, 4) is 0 Å². The summed E-state index contributed by atoms with van der Waals surface area (Å²) in [4.78, 5) is 8.50. The Kier molecular flexibility index (Phi) is 3.94. The van der Waals surface area contributed by atoms with Crippen LogP contribution in [0.25, 0.3) is 16.3 Å². The number of hydrogen-bond acceptors (Lipinski definition) is 2. The Morgan fingerprint density at radius 1 is 0.656 bits per heavy atom. The molecule has 0 saturated carbocycles. The Labute approximate surface area is 190 Å². The number of benzene rings is 3. The standard InChI is InChI=1S/C30H22N2/c1-2-8-25-22(6-1)7-5-10-26(25)27-12-17-30(23-13-18-31-19-14-23,24-15-20-32-21-16-24)29-11-4-3-9-28(27)29/h1-16,18-21H,17H2/i10D,12D. The van der Waals surface area contributed by atoms with Crippen molar-refractivity contribution in [3.63, 3.8) is 0 Å². The van der Waals surface area contributed by atoms with Gasteiger partial charge in [0.05, 0.1) is 2.74 Å². The maximum Gasteiger partial charge on any atom is 0.0629 e. The molecule has 32 heavy (non-hydrogen) atoms. The van der Waals surface area contributed by atoms with E-state index >= 15 is 0 Å². The van der Waals surface area contributed by atoms with E-state index in [9.17, 15) is 1.37 Å². The second kappa shape index (κ2) is 7.58. The molecule has 0 bridgehead atoms. The fourth-order valence-electron chi connectivity index (χ4n) is 5.03. The molecule has 0 amide bonds. The maximum absolute atomic E-state index is 9.39. The van der Waals surface area contributed by atoms with Gasteiger partial charge in [-0.1, -0.05) is 72.8 Å². The number of allylic oxidation sites excluding steroid dienone is 1. The minimum Gasteiger partial charge on any atom is -0.265 e. The second-order valence-corrected chi connectivity index (χ2v) is 8.09. The summed E-state index contributed by atoms with van der Waals surface area (Å²) in [7, 11) is 0. The van der Waals surface area contributed by atoms with Crippen molar-refractivity contribution in [1.82, 2.24) is 9.97 Å². The van der Waals surface area contributed by atoms with Gasteiger partial charge in [0.25, 0.3) is 0 Å². The van der Waals surface area contributed by atoms with Crippen LogP contribution in [0, 0.1) is 0 Å². The SMILES string of the molecule is [2H]C1=C(c2c([2H])ccc3ccccc23)c2ccccc2C(c2ccncc2)(c2ccncc2)C1. The van der Waals surface area contributed by atoms with Crippen LogP contribution in [-0.4, -0.2) is 9.97 Å². The minimum absolute atomic E-state index is 0.438. The summed E-state index contributed by atoms with van der Waals surface area (Å²) in [5.74, 6) is 0. The van der Waals surface area contributed by atoms with Crippen LogP contribution in [0.2, 0.25) is 0 Å². The van der Waals surface area contributed by atoms with Crippen molar-refractivity contribution in [1.29, 1.82) is 0 Å². The number of pyridine rings is 2. The van der Waals surface area contributed by atoms with Crippen molar-refractivity contribution < 1.29 is 2.74 Å². The molecule has 2 nitrogen and oxygen atoms in total. The van der Waals surface area contributed by atoms with E-state index in [1.807, 2.05) is 79.4 Å². The molecule has 3 aromatic carbocycles. The highest BCUT2D eigenvalue weighted by atomic mass is 14.6. The molecule has 0 radical (unpaired) electrons. The number of rotatable bonds is 3. The van der Waals surface area contributed by atoms with Crippen molar-refractivity contribution in [2.24, 2.45) is 0 Å². The fraction of sp³-hybridized carbons (Fsp3) is 0.0667. The number of fused-ring (bicyclic) bond motifs is 2. The largest absolute Gasteiger partial charge is 0.265 e. The lowest BCUT2D eigenvalue weighted by Crippen LogP contribution is -2.32. The zero-order valence-corrected chi connectivity index (χ0v) is 17.5. The Hall–Kier alpha value is -4.04. The van der Waals surface area contributed by atoms with Crippen LogP contribution in [-0.2, 0) is 5.41 Å². The quantitative estimate of drug-likeness (QED) is 0.326. The van der Waals surface area contributed by atoms with Crippen molar-refractivity contribution in [3.05, 3.63) is 150 Å². The monoisotopic (exact) mass is 412 g/mol. The molecule has 5 aromatic rings. The van der Waals surface area contributed by atoms with Gasteiger partial charge in [0.15, 0.2) is 0 Å². The normalized spacial score (nSPS) is 15.8. The highest BCUT2D eigenvalue weighted by Gasteiger charge is 2.40. The Bertz CT molecular complexity index is 1500. The molecule has 0 fully saturated rings. The first-order valence-corrected chi connectivity index (χ1v) is 10.8. The first-order chi connectivity index (χ1) is 16.7. The predicted molar refractivity (Wildman–Crippen MR) is 130 cm³/mol. The summed E-state index contributed by atoms with van der Waals surface area (Å²) in [6, 6.07) is 29.4. The molecule has 0 atom stereocenters. The molecule has 6 rings (SSSR count). The van der Waals surface area contributed by atoms with Gasteiger partial charge in [-0.15, -0.1) is 0 Å². The van der Waals surface area contributed by atoms with E-state index in [1.165, 1.54) is 0 Å². The van der Waals surface area contributed by atoms with Gasteiger partial charge < -0.3 is 0 Å². The van der Waals surface area contributed by atoms with Crippen LogP contribution in [0.4, 0.5) is 0 Å². The topological polar surface area (TPSA) is 25.8 Å².